The molecule has 1 aliphatic carbocycles. The number of H-pyrrole nitrogens is 1. The number of anilines is 1. The lowest BCUT2D eigenvalue weighted by atomic mass is 10.3. The van der Waals surface area contributed by atoms with Gasteiger partial charge in [-0.05, 0) is 25.8 Å². The molecule has 7 nitrogen and oxygen atoms in total. The first-order valence-electron chi connectivity index (χ1n) is 6.86. The van der Waals surface area contributed by atoms with Crippen LogP contribution in [0.1, 0.15) is 31.4 Å². The molecule has 4 rings (SSSR count). The maximum atomic E-state index is 4.62. The number of hydrogen-bond donors (Lipinski definition) is 2. The third-order valence-electron chi connectivity index (χ3n) is 3.42. The molecule has 0 saturated heterocycles. The molecule has 0 spiro atoms. The summed E-state index contributed by atoms with van der Waals surface area (Å²) in [5, 5.41) is 7.75. The molecule has 3 aromatic rings. The van der Waals surface area contributed by atoms with Gasteiger partial charge in [-0.3, -0.25) is 0 Å². The quantitative estimate of drug-likeness (QED) is 0.755. The van der Waals surface area contributed by atoms with Crippen LogP contribution in [0.5, 0.6) is 0 Å². The van der Waals surface area contributed by atoms with Crippen molar-refractivity contribution in [2.24, 2.45) is 0 Å². The molecule has 3 aromatic heterocycles. The molecule has 0 radical (unpaired) electrons. The van der Waals surface area contributed by atoms with Gasteiger partial charge in [-0.25, -0.2) is 9.67 Å². The van der Waals surface area contributed by atoms with Crippen molar-refractivity contribution in [2.45, 2.75) is 25.7 Å². The lowest BCUT2D eigenvalue weighted by Crippen LogP contribution is -2.07. The molecule has 0 bridgehead atoms. The zero-order chi connectivity index (χ0) is 13.5. The Labute approximate surface area is 115 Å². The Hall–Kier alpha value is -2.44. The van der Waals surface area contributed by atoms with Gasteiger partial charge in [0.2, 0.25) is 5.95 Å². The van der Waals surface area contributed by atoms with E-state index in [0.29, 0.717) is 17.5 Å². The average molecular weight is 269 g/mol. The summed E-state index contributed by atoms with van der Waals surface area (Å²) in [7, 11) is 0. The summed E-state index contributed by atoms with van der Waals surface area (Å²) in [6, 6.07) is 2.06. The van der Waals surface area contributed by atoms with Crippen molar-refractivity contribution in [1.82, 2.24) is 29.7 Å². The molecule has 1 fully saturated rings. The molecule has 20 heavy (non-hydrogen) atoms. The van der Waals surface area contributed by atoms with E-state index < -0.39 is 0 Å². The predicted molar refractivity (Wildman–Crippen MR) is 74.9 cm³/mol. The van der Waals surface area contributed by atoms with E-state index in [4.69, 9.17) is 0 Å². The minimum Gasteiger partial charge on any atom is -0.354 e. The Balaban J connectivity index is 1.84. The third kappa shape index (κ3) is 1.82. The summed E-state index contributed by atoms with van der Waals surface area (Å²) < 4.78 is 1.80. The van der Waals surface area contributed by atoms with E-state index in [-0.39, 0.29) is 0 Å². The lowest BCUT2D eigenvalue weighted by Gasteiger charge is -2.05. The van der Waals surface area contributed by atoms with Crippen LogP contribution in [0, 0.1) is 0 Å². The molecular formula is C13H15N7. The molecule has 1 saturated carbocycles. The van der Waals surface area contributed by atoms with Crippen LogP contribution >= 0.6 is 0 Å². The largest absolute Gasteiger partial charge is 0.354 e. The normalized spacial score (nSPS) is 14.8. The Bertz CT molecular complexity index is 753. The summed E-state index contributed by atoms with van der Waals surface area (Å²) in [6.45, 7) is 2.78. The van der Waals surface area contributed by atoms with Crippen molar-refractivity contribution >= 4 is 17.1 Å². The smallest absolute Gasteiger partial charge is 0.226 e. The minimum atomic E-state index is 0.575. The molecule has 0 unspecified atom stereocenters. The monoisotopic (exact) mass is 269 g/mol. The number of aromatic amines is 1. The first-order valence-corrected chi connectivity index (χ1v) is 6.86. The van der Waals surface area contributed by atoms with E-state index in [1.807, 2.05) is 13.1 Å². The van der Waals surface area contributed by atoms with Gasteiger partial charge in [0, 0.05) is 18.7 Å². The van der Waals surface area contributed by atoms with Crippen molar-refractivity contribution in [3.05, 3.63) is 24.3 Å². The number of imidazole rings is 1. The molecule has 0 aliphatic heterocycles. The second kappa shape index (κ2) is 4.29. The van der Waals surface area contributed by atoms with Crippen LogP contribution in [-0.4, -0.2) is 36.3 Å². The Kier molecular flexibility index (Phi) is 2.45. The van der Waals surface area contributed by atoms with Crippen LogP contribution in [0.4, 0.5) is 5.95 Å². The van der Waals surface area contributed by atoms with Crippen molar-refractivity contribution in [3.8, 4) is 5.82 Å². The highest BCUT2D eigenvalue weighted by Crippen LogP contribution is 2.39. The van der Waals surface area contributed by atoms with Crippen LogP contribution in [-0.2, 0) is 0 Å². The van der Waals surface area contributed by atoms with Gasteiger partial charge in [0.25, 0.3) is 0 Å². The fourth-order valence-electron chi connectivity index (χ4n) is 2.27. The first kappa shape index (κ1) is 11.4. The van der Waals surface area contributed by atoms with E-state index >= 15 is 0 Å². The van der Waals surface area contributed by atoms with E-state index in [1.54, 1.807) is 11.0 Å². The fourth-order valence-corrected chi connectivity index (χ4v) is 2.27. The molecule has 0 aromatic carbocycles. The summed E-state index contributed by atoms with van der Waals surface area (Å²) in [5.41, 5.74) is 2.59. The van der Waals surface area contributed by atoms with Gasteiger partial charge >= 0.3 is 0 Å². The summed E-state index contributed by atoms with van der Waals surface area (Å²) >= 11 is 0. The van der Waals surface area contributed by atoms with E-state index in [1.165, 1.54) is 12.8 Å². The Morgan fingerprint density at radius 3 is 3.10 bits per heavy atom. The second-order valence-electron chi connectivity index (χ2n) is 4.96. The summed E-state index contributed by atoms with van der Waals surface area (Å²) in [5.74, 6) is 1.93. The van der Waals surface area contributed by atoms with Crippen molar-refractivity contribution in [1.29, 1.82) is 0 Å². The Morgan fingerprint density at radius 1 is 1.40 bits per heavy atom. The number of nitrogens with one attached hydrogen (secondary N) is 2. The standard InChI is InChI=1S/C13H15N7/c1-2-14-13-17-11-10(15-7-16-11)12(18-13)20-6-5-9(19-20)8-3-4-8/h5-8H,2-4H2,1H3,(H2,14,15,16,17,18). The zero-order valence-electron chi connectivity index (χ0n) is 11.2. The molecule has 7 heteroatoms. The van der Waals surface area contributed by atoms with Crippen LogP contribution in [0.25, 0.3) is 17.0 Å². The van der Waals surface area contributed by atoms with Gasteiger partial charge in [0.05, 0.1) is 12.0 Å². The minimum absolute atomic E-state index is 0.575. The highest BCUT2D eigenvalue weighted by Gasteiger charge is 2.26. The summed E-state index contributed by atoms with van der Waals surface area (Å²) in [6.07, 6.45) is 6.06. The van der Waals surface area contributed by atoms with Crippen molar-refractivity contribution < 1.29 is 0 Å². The van der Waals surface area contributed by atoms with Crippen molar-refractivity contribution in [3.63, 3.8) is 0 Å². The fraction of sp³-hybridized carbons (Fsp3) is 0.385. The predicted octanol–water partition coefficient (Wildman–Crippen LogP) is 1.85. The van der Waals surface area contributed by atoms with Gasteiger partial charge in [-0.1, -0.05) is 0 Å². The van der Waals surface area contributed by atoms with Crippen LogP contribution < -0.4 is 5.32 Å². The van der Waals surface area contributed by atoms with Gasteiger partial charge in [0.15, 0.2) is 11.5 Å². The molecule has 3 heterocycles. The molecule has 102 valence electrons. The van der Waals surface area contributed by atoms with Gasteiger partial charge in [-0.15, -0.1) is 0 Å². The number of aromatic nitrogens is 6. The number of hydrogen-bond acceptors (Lipinski definition) is 5. The van der Waals surface area contributed by atoms with Crippen LogP contribution in [0.15, 0.2) is 18.6 Å². The lowest BCUT2D eigenvalue weighted by molar-refractivity contribution is 0.815. The Morgan fingerprint density at radius 2 is 2.30 bits per heavy atom. The molecule has 2 N–H and O–H groups in total. The number of fused-ring (bicyclic) bond motifs is 1. The molecule has 0 atom stereocenters. The van der Waals surface area contributed by atoms with E-state index in [0.717, 1.165) is 23.6 Å². The van der Waals surface area contributed by atoms with Gasteiger partial charge < -0.3 is 10.3 Å². The maximum Gasteiger partial charge on any atom is 0.226 e. The van der Waals surface area contributed by atoms with Crippen molar-refractivity contribution in [2.75, 3.05) is 11.9 Å². The molecule has 1 aliphatic rings. The second-order valence-corrected chi connectivity index (χ2v) is 4.96. The van der Waals surface area contributed by atoms with Crippen LogP contribution in [0.3, 0.4) is 0 Å². The number of nitrogens with zero attached hydrogens (tertiary/aromatic N) is 5. The first-order chi connectivity index (χ1) is 9.85. The summed E-state index contributed by atoms with van der Waals surface area (Å²) in [4.78, 5) is 16.2. The van der Waals surface area contributed by atoms with E-state index in [2.05, 4.69) is 36.4 Å². The maximum absolute atomic E-state index is 4.62. The van der Waals surface area contributed by atoms with Gasteiger partial charge in [0.1, 0.15) is 5.52 Å². The van der Waals surface area contributed by atoms with Crippen LogP contribution in [0.2, 0.25) is 0 Å². The topological polar surface area (TPSA) is 84.3 Å². The van der Waals surface area contributed by atoms with E-state index in [9.17, 15) is 0 Å². The molecular weight excluding hydrogens is 254 g/mol. The zero-order valence-corrected chi connectivity index (χ0v) is 11.2. The molecule has 0 amide bonds. The highest BCUT2D eigenvalue weighted by atomic mass is 15.3. The van der Waals surface area contributed by atoms with Gasteiger partial charge in [-0.2, -0.15) is 15.1 Å². The highest BCUT2D eigenvalue weighted by molar-refractivity contribution is 5.79. The average Bonchev–Trinajstić information content (AvgIpc) is 3.01. The number of rotatable bonds is 4. The third-order valence-corrected chi connectivity index (χ3v) is 3.42. The SMILES string of the molecule is CCNc1nc(-n2ccc(C3CC3)n2)c2[nH]cnc2n1.